The summed E-state index contributed by atoms with van der Waals surface area (Å²) in [5, 5.41) is 1.87. The summed E-state index contributed by atoms with van der Waals surface area (Å²) in [4.78, 5) is 30.8. The van der Waals surface area contributed by atoms with Gasteiger partial charge in [0.2, 0.25) is 5.91 Å². The molecular formula is C26H32N2O3. The monoisotopic (exact) mass is 420 g/mol. The van der Waals surface area contributed by atoms with E-state index in [2.05, 4.69) is 11.8 Å². The Hall–Kier alpha value is -2.56. The number of hydrogen-bond donors (Lipinski definition) is 0. The number of ether oxygens (including phenoxy) is 1. The number of piperidine rings is 1. The molecule has 2 aliphatic carbocycles. The van der Waals surface area contributed by atoms with Gasteiger partial charge in [0.25, 0.3) is 5.91 Å². The van der Waals surface area contributed by atoms with Crippen LogP contribution in [-0.2, 0) is 4.79 Å². The largest absolute Gasteiger partial charge is 0.496 e. The van der Waals surface area contributed by atoms with E-state index >= 15 is 0 Å². The van der Waals surface area contributed by atoms with Gasteiger partial charge in [0.05, 0.1) is 7.11 Å². The molecule has 0 bridgehead atoms. The highest BCUT2D eigenvalue weighted by atomic mass is 16.5. The van der Waals surface area contributed by atoms with E-state index in [-0.39, 0.29) is 11.8 Å². The van der Waals surface area contributed by atoms with Crippen LogP contribution in [0.5, 0.6) is 5.75 Å². The number of nitrogens with zero attached hydrogens (tertiary/aromatic N) is 2. The maximum atomic E-state index is 13.4. The lowest BCUT2D eigenvalue weighted by molar-refractivity contribution is -0.140. The van der Waals surface area contributed by atoms with Crippen molar-refractivity contribution in [3.8, 4) is 5.75 Å². The summed E-state index contributed by atoms with van der Waals surface area (Å²) in [7, 11) is 1.65. The summed E-state index contributed by atoms with van der Waals surface area (Å²) in [5.41, 5.74) is 0.711. The van der Waals surface area contributed by atoms with Crippen LogP contribution in [0.25, 0.3) is 10.8 Å². The number of carbonyl (C=O) groups is 2. The number of amides is 2. The molecule has 1 heterocycles. The molecule has 0 unspecified atom stereocenters. The quantitative estimate of drug-likeness (QED) is 0.692. The van der Waals surface area contributed by atoms with Gasteiger partial charge in [-0.05, 0) is 68.9 Å². The zero-order valence-corrected chi connectivity index (χ0v) is 18.5. The normalized spacial score (nSPS) is 20.5. The molecule has 2 aromatic rings. The van der Waals surface area contributed by atoms with Gasteiger partial charge in [0.15, 0.2) is 0 Å². The molecule has 0 aromatic heterocycles. The van der Waals surface area contributed by atoms with Crippen LogP contribution in [0.15, 0.2) is 36.4 Å². The number of benzene rings is 2. The molecule has 5 heteroatoms. The van der Waals surface area contributed by atoms with Crippen LogP contribution in [0.3, 0.4) is 0 Å². The first-order chi connectivity index (χ1) is 15.1. The molecule has 31 heavy (non-hydrogen) atoms. The third kappa shape index (κ3) is 3.90. The van der Waals surface area contributed by atoms with Crippen molar-refractivity contribution >= 4 is 22.6 Å². The lowest BCUT2D eigenvalue weighted by Gasteiger charge is -2.37. The van der Waals surface area contributed by atoms with Crippen molar-refractivity contribution in [1.82, 2.24) is 9.80 Å². The molecule has 3 aliphatic rings. The minimum absolute atomic E-state index is 0.0511. The molecule has 1 aliphatic heterocycles. The number of likely N-dealkylation sites (tertiary alicyclic amines) is 1. The van der Waals surface area contributed by atoms with E-state index in [0.29, 0.717) is 42.6 Å². The third-order valence-corrected chi connectivity index (χ3v) is 7.40. The van der Waals surface area contributed by atoms with Gasteiger partial charge >= 0.3 is 0 Å². The second-order valence-corrected chi connectivity index (χ2v) is 9.48. The van der Waals surface area contributed by atoms with Gasteiger partial charge < -0.3 is 14.5 Å². The van der Waals surface area contributed by atoms with Gasteiger partial charge in [-0.1, -0.05) is 24.3 Å². The van der Waals surface area contributed by atoms with Crippen molar-refractivity contribution in [1.29, 1.82) is 0 Å². The standard InChI is InChI=1S/C26H32N2O3/c1-17(18-7-8-18)28(20-9-10-20)25(29)19-13-15-27(16-14-19)26(30)23-11-12-24(31-2)22-6-4-3-5-21(22)23/h3-6,11-12,17-20H,7-10,13-16H2,1-2H3/t17-/m1/s1. The molecule has 2 saturated carbocycles. The molecule has 0 spiro atoms. The molecule has 1 saturated heterocycles. The molecule has 0 radical (unpaired) electrons. The molecule has 2 aromatic carbocycles. The summed E-state index contributed by atoms with van der Waals surface area (Å²) in [6.45, 7) is 3.53. The van der Waals surface area contributed by atoms with Crippen molar-refractivity contribution in [3.63, 3.8) is 0 Å². The summed E-state index contributed by atoms with van der Waals surface area (Å²) >= 11 is 0. The molecule has 1 atom stereocenters. The minimum atomic E-state index is 0.0511. The molecule has 5 nitrogen and oxygen atoms in total. The Morgan fingerprint density at radius 3 is 2.26 bits per heavy atom. The van der Waals surface area contributed by atoms with Gasteiger partial charge in [-0.15, -0.1) is 0 Å². The van der Waals surface area contributed by atoms with Crippen molar-refractivity contribution in [3.05, 3.63) is 42.0 Å². The molecule has 2 amide bonds. The predicted octanol–water partition coefficient (Wildman–Crippen LogP) is 4.49. The number of carbonyl (C=O) groups excluding carboxylic acids is 2. The van der Waals surface area contributed by atoms with Crippen LogP contribution in [0.4, 0.5) is 0 Å². The topological polar surface area (TPSA) is 49.9 Å². The average molecular weight is 421 g/mol. The summed E-state index contributed by atoms with van der Waals surface area (Å²) < 4.78 is 5.47. The highest BCUT2D eigenvalue weighted by molar-refractivity contribution is 6.08. The van der Waals surface area contributed by atoms with Crippen LogP contribution in [0.2, 0.25) is 0 Å². The van der Waals surface area contributed by atoms with E-state index in [1.807, 2.05) is 41.3 Å². The van der Waals surface area contributed by atoms with Crippen molar-refractivity contribution < 1.29 is 14.3 Å². The fourth-order valence-corrected chi connectivity index (χ4v) is 5.22. The van der Waals surface area contributed by atoms with Crippen molar-refractivity contribution in [2.24, 2.45) is 11.8 Å². The lowest BCUT2D eigenvalue weighted by Crippen LogP contribution is -2.48. The minimum Gasteiger partial charge on any atom is -0.496 e. The number of fused-ring (bicyclic) bond motifs is 1. The lowest BCUT2D eigenvalue weighted by atomic mass is 9.93. The Kier molecular flexibility index (Phi) is 5.37. The van der Waals surface area contributed by atoms with E-state index in [1.165, 1.54) is 12.8 Å². The number of methoxy groups -OCH3 is 1. The average Bonchev–Trinajstić information content (AvgIpc) is 3.71. The molecule has 5 rings (SSSR count). The van der Waals surface area contributed by atoms with E-state index < -0.39 is 0 Å². The summed E-state index contributed by atoms with van der Waals surface area (Å²) in [5.74, 6) is 1.92. The van der Waals surface area contributed by atoms with Crippen LogP contribution in [0, 0.1) is 11.8 Å². The molecule has 164 valence electrons. The Bertz CT molecular complexity index is 987. The number of rotatable bonds is 6. The van der Waals surface area contributed by atoms with E-state index in [4.69, 9.17) is 4.74 Å². The van der Waals surface area contributed by atoms with Crippen molar-refractivity contribution in [2.45, 2.75) is 57.5 Å². The first-order valence-electron chi connectivity index (χ1n) is 11.8. The fraction of sp³-hybridized carbons (Fsp3) is 0.538. The zero-order valence-electron chi connectivity index (χ0n) is 18.5. The second-order valence-electron chi connectivity index (χ2n) is 9.48. The fourth-order valence-electron chi connectivity index (χ4n) is 5.22. The molecule has 0 N–H and O–H groups in total. The van der Waals surface area contributed by atoms with Crippen LogP contribution >= 0.6 is 0 Å². The maximum absolute atomic E-state index is 13.4. The van der Waals surface area contributed by atoms with Gasteiger partial charge in [-0.25, -0.2) is 0 Å². The maximum Gasteiger partial charge on any atom is 0.254 e. The Morgan fingerprint density at radius 2 is 1.65 bits per heavy atom. The van der Waals surface area contributed by atoms with Gasteiger partial charge in [-0.2, -0.15) is 0 Å². The second kappa shape index (κ2) is 8.18. The van der Waals surface area contributed by atoms with E-state index in [1.54, 1.807) is 7.11 Å². The van der Waals surface area contributed by atoms with Gasteiger partial charge in [0.1, 0.15) is 5.75 Å². The zero-order chi connectivity index (χ0) is 21.5. The van der Waals surface area contributed by atoms with E-state index in [9.17, 15) is 9.59 Å². The Balaban J connectivity index is 1.28. The highest BCUT2D eigenvalue weighted by Crippen LogP contribution is 2.41. The van der Waals surface area contributed by atoms with Crippen LogP contribution in [0.1, 0.15) is 55.8 Å². The SMILES string of the molecule is COc1ccc(C(=O)N2CCC(C(=O)N(C3CC3)[C@H](C)C3CC3)CC2)c2ccccc12. The van der Waals surface area contributed by atoms with Gasteiger partial charge in [-0.3, -0.25) is 9.59 Å². The van der Waals surface area contributed by atoms with Crippen LogP contribution in [-0.4, -0.2) is 53.9 Å². The molecule has 3 fully saturated rings. The first-order valence-corrected chi connectivity index (χ1v) is 11.8. The highest BCUT2D eigenvalue weighted by Gasteiger charge is 2.44. The van der Waals surface area contributed by atoms with Crippen LogP contribution < -0.4 is 4.74 Å². The van der Waals surface area contributed by atoms with E-state index in [0.717, 1.165) is 42.2 Å². The number of hydrogen-bond acceptors (Lipinski definition) is 3. The smallest absolute Gasteiger partial charge is 0.254 e. The Labute approximate surface area is 184 Å². The van der Waals surface area contributed by atoms with Crippen molar-refractivity contribution in [2.75, 3.05) is 20.2 Å². The Morgan fingerprint density at radius 1 is 0.968 bits per heavy atom. The summed E-state index contributed by atoms with van der Waals surface area (Å²) in [6.07, 6.45) is 6.37. The predicted molar refractivity (Wildman–Crippen MR) is 121 cm³/mol. The summed E-state index contributed by atoms with van der Waals surface area (Å²) in [6, 6.07) is 12.5. The molecular weight excluding hydrogens is 388 g/mol. The third-order valence-electron chi connectivity index (χ3n) is 7.40. The van der Waals surface area contributed by atoms with Gasteiger partial charge in [0, 0.05) is 42.0 Å². The first kappa shape index (κ1) is 20.3.